The summed E-state index contributed by atoms with van der Waals surface area (Å²) in [7, 11) is 0. The zero-order valence-corrected chi connectivity index (χ0v) is 11.3. The third-order valence-corrected chi connectivity index (χ3v) is 3.27. The van der Waals surface area contributed by atoms with Crippen molar-refractivity contribution >= 4 is 17.8 Å². The highest BCUT2D eigenvalue weighted by molar-refractivity contribution is 6.35. The van der Waals surface area contributed by atoms with Gasteiger partial charge in [-0.05, 0) is 19.9 Å². The van der Waals surface area contributed by atoms with E-state index >= 15 is 0 Å². The topological polar surface area (TPSA) is 91.1 Å². The van der Waals surface area contributed by atoms with Crippen LogP contribution < -0.4 is 0 Å². The molecule has 108 valence electrons. The van der Waals surface area contributed by atoms with Crippen molar-refractivity contribution in [3.05, 3.63) is 23.7 Å². The number of furan rings is 1. The molecule has 0 spiro atoms. The Morgan fingerprint density at radius 2 is 2.05 bits per heavy atom. The SMILES string of the molecule is CC(C)N1CCN(Cc2ccoc2C(=O)O)C(=O)C1=O. The molecule has 1 aromatic heterocycles. The van der Waals surface area contributed by atoms with E-state index in [-0.39, 0.29) is 18.3 Å². The average molecular weight is 280 g/mol. The normalized spacial score (nSPS) is 16.1. The Labute approximate surface area is 115 Å². The van der Waals surface area contributed by atoms with Gasteiger partial charge in [-0.3, -0.25) is 9.59 Å². The molecule has 0 unspecified atom stereocenters. The summed E-state index contributed by atoms with van der Waals surface area (Å²) in [6.07, 6.45) is 1.26. The van der Waals surface area contributed by atoms with Crippen LogP contribution in [0.1, 0.15) is 30.0 Å². The summed E-state index contributed by atoms with van der Waals surface area (Å²) in [4.78, 5) is 37.7. The molecular weight excluding hydrogens is 264 g/mol. The van der Waals surface area contributed by atoms with E-state index in [4.69, 9.17) is 9.52 Å². The van der Waals surface area contributed by atoms with Gasteiger partial charge < -0.3 is 19.3 Å². The molecule has 0 aliphatic carbocycles. The maximum absolute atomic E-state index is 12.0. The zero-order chi connectivity index (χ0) is 14.9. The Balaban J connectivity index is 2.12. The fourth-order valence-corrected chi connectivity index (χ4v) is 2.19. The minimum Gasteiger partial charge on any atom is -0.475 e. The van der Waals surface area contributed by atoms with Crippen LogP contribution in [0.15, 0.2) is 16.7 Å². The third kappa shape index (κ3) is 2.52. The van der Waals surface area contributed by atoms with Crippen molar-refractivity contribution in [1.82, 2.24) is 9.80 Å². The molecule has 0 radical (unpaired) electrons. The molecule has 7 heteroatoms. The number of rotatable bonds is 4. The van der Waals surface area contributed by atoms with Crippen LogP contribution >= 0.6 is 0 Å². The monoisotopic (exact) mass is 280 g/mol. The first-order valence-corrected chi connectivity index (χ1v) is 6.31. The second kappa shape index (κ2) is 5.36. The lowest BCUT2D eigenvalue weighted by atomic mass is 10.2. The van der Waals surface area contributed by atoms with Crippen molar-refractivity contribution in [3.63, 3.8) is 0 Å². The number of hydrogen-bond acceptors (Lipinski definition) is 4. The molecular formula is C13H16N2O5. The fourth-order valence-electron chi connectivity index (χ4n) is 2.19. The Bertz CT molecular complexity index is 549. The van der Waals surface area contributed by atoms with Gasteiger partial charge in [-0.1, -0.05) is 0 Å². The number of hydrogen-bond donors (Lipinski definition) is 1. The number of carbonyl (C=O) groups is 3. The summed E-state index contributed by atoms with van der Waals surface area (Å²) in [6.45, 7) is 4.59. The highest BCUT2D eigenvalue weighted by Crippen LogP contribution is 2.16. The molecule has 2 rings (SSSR count). The standard InChI is InChI=1S/C13H16N2O5/c1-8(2)15-5-4-14(11(16)12(15)17)7-9-3-6-20-10(9)13(18)19/h3,6,8H,4-5,7H2,1-2H3,(H,18,19). The maximum Gasteiger partial charge on any atom is 0.372 e. The zero-order valence-electron chi connectivity index (χ0n) is 11.3. The van der Waals surface area contributed by atoms with Crippen LogP contribution in [0.5, 0.6) is 0 Å². The molecule has 1 aromatic rings. The second-order valence-electron chi connectivity index (χ2n) is 4.90. The lowest BCUT2D eigenvalue weighted by Gasteiger charge is -2.35. The largest absolute Gasteiger partial charge is 0.475 e. The summed E-state index contributed by atoms with van der Waals surface area (Å²) >= 11 is 0. The Hall–Kier alpha value is -2.31. The number of carboxylic acid groups (broad SMARTS) is 1. The van der Waals surface area contributed by atoms with E-state index < -0.39 is 17.8 Å². The first-order chi connectivity index (χ1) is 9.41. The number of amides is 2. The van der Waals surface area contributed by atoms with E-state index in [1.54, 1.807) is 0 Å². The molecule has 1 N–H and O–H groups in total. The van der Waals surface area contributed by atoms with Crippen LogP contribution in [-0.2, 0) is 16.1 Å². The highest BCUT2D eigenvalue weighted by Gasteiger charge is 2.34. The van der Waals surface area contributed by atoms with Gasteiger partial charge in [0.15, 0.2) is 0 Å². The van der Waals surface area contributed by atoms with Gasteiger partial charge in [-0.15, -0.1) is 0 Å². The van der Waals surface area contributed by atoms with Gasteiger partial charge in [-0.2, -0.15) is 0 Å². The summed E-state index contributed by atoms with van der Waals surface area (Å²) in [5.74, 6) is -2.55. The molecule has 1 saturated heterocycles. The van der Waals surface area contributed by atoms with Gasteiger partial charge in [-0.25, -0.2) is 4.79 Å². The highest BCUT2D eigenvalue weighted by atomic mass is 16.4. The molecule has 7 nitrogen and oxygen atoms in total. The molecule has 1 fully saturated rings. The summed E-state index contributed by atoms with van der Waals surface area (Å²) in [6, 6.07) is 1.47. The Kier molecular flexibility index (Phi) is 3.78. The van der Waals surface area contributed by atoms with Crippen molar-refractivity contribution in [2.45, 2.75) is 26.4 Å². The number of nitrogens with zero attached hydrogens (tertiary/aromatic N) is 2. The van der Waals surface area contributed by atoms with Crippen molar-refractivity contribution in [1.29, 1.82) is 0 Å². The molecule has 0 aromatic carbocycles. The Morgan fingerprint density at radius 3 is 2.65 bits per heavy atom. The number of aromatic carboxylic acids is 1. The molecule has 2 amide bonds. The van der Waals surface area contributed by atoms with E-state index in [0.29, 0.717) is 18.7 Å². The Morgan fingerprint density at radius 1 is 1.35 bits per heavy atom. The van der Waals surface area contributed by atoms with Crippen LogP contribution in [-0.4, -0.2) is 51.8 Å². The van der Waals surface area contributed by atoms with Crippen molar-refractivity contribution in [3.8, 4) is 0 Å². The first kappa shape index (κ1) is 14.1. The molecule has 0 bridgehead atoms. The quantitative estimate of drug-likeness (QED) is 0.814. The predicted molar refractivity (Wildman–Crippen MR) is 67.9 cm³/mol. The number of piperazine rings is 1. The molecule has 0 saturated carbocycles. The number of carbonyl (C=O) groups excluding carboxylic acids is 2. The van der Waals surface area contributed by atoms with Crippen LogP contribution in [0.4, 0.5) is 0 Å². The van der Waals surface area contributed by atoms with Crippen molar-refractivity contribution in [2.24, 2.45) is 0 Å². The van der Waals surface area contributed by atoms with Gasteiger partial charge in [0.2, 0.25) is 5.76 Å². The number of carboxylic acids is 1. The summed E-state index contributed by atoms with van der Waals surface area (Å²) in [5, 5.41) is 8.94. The maximum atomic E-state index is 12.0. The van der Waals surface area contributed by atoms with E-state index in [0.717, 1.165) is 0 Å². The smallest absolute Gasteiger partial charge is 0.372 e. The summed E-state index contributed by atoms with van der Waals surface area (Å²) in [5.41, 5.74) is 0.386. The van der Waals surface area contributed by atoms with Gasteiger partial charge >= 0.3 is 17.8 Å². The summed E-state index contributed by atoms with van der Waals surface area (Å²) < 4.78 is 4.86. The molecule has 1 aliphatic heterocycles. The molecule has 2 heterocycles. The molecule has 20 heavy (non-hydrogen) atoms. The van der Waals surface area contributed by atoms with Gasteiger partial charge in [0.05, 0.1) is 12.8 Å². The van der Waals surface area contributed by atoms with E-state index in [1.807, 2.05) is 13.8 Å². The minimum absolute atomic E-state index is 0.0305. The third-order valence-electron chi connectivity index (χ3n) is 3.27. The van der Waals surface area contributed by atoms with Gasteiger partial charge in [0.25, 0.3) is 0 Å². The fraction of sp³-hybridized carbons (Fsp3) is 0.462. The van der Waals surface area contributed by atoms with E-state index in [1.165, 1.54) is 22.1 Å². The van der Waals surface area contributed by atoms with Crippen LogP contribution in [0.25, 0.3) is 0 Å². The lowest BCUT2D eigenvalue weighted by Crippen LogP contribution is -2.55. The average Bonchev–Trinajstić information content (AvgIpc) is 2.83. The molecule has 1 aliphatic rings. The van der Waals surface area contributed by atoms with Crippen molar-refractivity contribution < 1.29 is 23.9 Å². The molecule has 0 atom stereocenters. The second-order valence-corrected chi connectivity index (χ2v) is 4.90. The predicted octanol–water partition coefficient (Wildman–Crippen LogP) is 0.557. The first-order valence-electron chi connectivity index (χ1n) is 6.31. The van der Waals surface area contributed by atoms with Gasteiger partial charge in [0, 0.05) is 24.7 Å². The van der Waals surface area contributed by atoms with Crippen molar-refractivity contribution in [2.75, 3.05) is 13.1 Å². The van der Waals surface area contributed by atoms with Crippen LogP contribution in [0, 0.1) is 0 Å². The van der Waals surface area contributed by atoms with E-state index in [9.17, 15) is 14.4 Å². The minimum atomic E-state index is -1.19. The lowest BCUT2D eigenvalue weighted by molar-refractivity contribution is -0.157. The van der Waals surface area contributed by atoms with Gasteiger partial charge in [0.1, 0.15) is 0 Å². The van der Waals surface area contributed by atoms with E-state index in [2.05, 4.69) is 0 Å². The van der Waals surface area contributed by atoms with Crippen LogP contribution in [0.2, 0.25) is 0 Å². The van der Waals surface area contributed by atoms with Crippen LogP contribution in [0.3, 0.4) is 0 Å².